The quantitative estimate of drug-likeness (QED) is 0.224. The molecule has 5 rings (SSSR count). The van der Waals surface area contributed by atoms with Crippen LogP contribution in [0.4, 0.5) is 34.5 Å². The number of nitrogens with one attached hydrogen (secondary N) is 3. The summed E-state index contributed by atoms with van der Waals surface area (Å²) in [4.78, 5) is 23.6. The fraction of sp³-hybridized carbons (Fsp3) is 0.367. The van der Waals surface area contributed by atoms with Gasteiger partial charge < -0.3 is 25.4 Å². The molecule has 2 aliphatic rings. The molecule has 0 bridgehead atoms. The molecule has 2 heterocycles. The summed E-state index contributed by atoms with van der Waals surface area (Å²) < 4.78 is 12.7. The first kappa shape index (κ1) is 26.9. The molecule has 1 saturated heterocycles. The fourth-order valence-corrected chi connectivity index (χ4v) is 7.18. The summed E-state index contributed by atoms with van der Waals surface area (Å²) in [5.41, 5.74) is 3.77. The highest BCUT2D eigenvalue weighted by molar-refractivity contribution is 7.70. The topological polar surface area (TPSA) is 99.2 Å². The third kappa shape index (κ3) is 6.17. The average molecular weight is 545 g/mol. The number of benzene rings is 2. The van der Waals surface area contributed by atoms with E-state index in [0.29, 0.717) is 17.2 Å². The minimum absolute atomic E-state index is 0.250. The SMILES string of the molecule is C=CC(=O)Nc1cc(Nc2nccc(Nc3ccccc3P(C)(C)=O)n2)ccc1N1CCC2(CC1)CC(C)C2. The number of carbonyl (C=O) groups excluding carboxylic acids is 1. The summed E-state index contributed by atoms with van der Waals surface area (Å²) >= 11 is 0. The zero-order valence-corrected chi connectivity index (χ0v) is 23.8. The Balaban J connectivity index is 1.34. The maximum absolute atomic E-state index is 12.7. The van der Waals surface area contributed by atoms with Gasteiger partial charge in [0.25, 0.3) is 0 Å². The van der Waals surface area contributed by atoms with Crippen LogP contribution in [0.5, 0.6) is 0 Å². The standard InChI is InChI=1S/C30H37N6O2P/c1-5-28(37)34-24-18-22(10-11-25(24)36-16-13-30(14-17-36)19-21(2)20-30)32-29-31-15-12-27(35-29)33-23-8-6-7-9-26(23)39(3,4)38/h5-12,15,18,21H,1,13-14,16-17,19-20H2,2-4H3,(H,34,37)(H2,31,32,33,35). The van der Waals surface area contributed by atoms with Gasteiger partial charge in [-0.15, -0.1) is 0 Å². The van der Waals surface area contributed by atoms with Crippen molar-refractivity contribution in [3.05, 3.63) is 67.4 Å². The molecule has 39 heavy (non-hydrogen) atoms. The van der Waals surface area contributed by atoms with Crippen molar-refractivity contribution in [2.75, 3.05) is 47.3 Å². The predicted octanol–water partition coefficient (Wildman–Crippen LogP) is 6.35. The number of amides is 1. The molecule has 1 aliphatic carbocycles. The number of para-hydroxylation sites is 1. The van der Waals surface area contributed by atoms with E-state index in [-0.39, 0.29) is 5.91 Å². The number of hydrogen-bond acceptors (Lipinski definition) is 7. The highest BCUT2D eigenvalue weighted by Gasteiger charge is 2.43. The smallest absolute Gasteiger partial charge is 0.247 e. The first-order valence-electron chi connectivity index (χ1n) is 13.5. The molecule has 1 saturated carbocycles. The van der Waals surface area contributed by atoms with Crippen LogP contribution in [0.25, 0.3) is 0 Å². The summed E-state index contributed by atoms with van der Waals surface area (Å²) in [5.74, 6) is 1.58. The van der Waals surface area contributed by atoms with Crippen LogP contribution in [0.1, 0.15) is 32.6 Å². The molecule has 204 valence electrons. The lowest BCUT2D eigenvalue weighted by molar-refractivity contribution is -0.111. The van der Waals surface area contributed by atoms with Crippen molar-refractivity contribution >= 4 is 52.9 Å². The van der Waals surface area contributed by atoms with E-state index in [1.807, 2.05) is 42.5 Å². The van der Waals surface area contributed by atoms with Gasteiger partial charge in [-0.2, -0.15) is 4.98 Å². The Morgan fingerprint density at radius 2 is 1.82 bits per heavy atom. The molecular weight excluding hydrogens is 507 g/mol. The molecule has 1 amide bonds. The van der Waals surface area contributed by atoms with Gasteiger partial charge in [0.05, 0.1) is 17.1 Å². The Labute approximate surface area is 230 Å². The number of piperidine rings is 1. The zero-order chi connectivity index (χ0) is 27.6. The molecule has 0 radical (unpaired) electrons. The van der Waals surface area contributed by atoms with Crippen molar-refractivity contribution in [2.45, 2.75) is 32.6 Å². The highest BCUT2D eigenvalue weighted by atomic mass is 31.2. The van der Waals surface area contributed by atoms with E-state index in [2.05, 4.69) is 44.3 Å². The van der Waals surface area contributed by atoms with Crippen molar-refractivity contribution in [1.29, 1.82) is 0 Å². The number of rotatable bonds is 8. The Morgan fingerprint density at radius 3 is 2.51 bits per heavy atom. The second-order valence-corrected chi connectivity index (χ2v) is 14.5. The molecule has 8 nitrogen and oxygen atoms in total. The van der Waals surface area contributed by atoms with E-state index in [1.54, 1.807) is 25.6 Å². The highest BCUT2D eigenvalue weighted by Crippen LogP contribution is 2.53. The lowest BCUT2D eigenvalue weighted by Gasteiger charge is -2.52. The van der Waals surface area contributed by atoms with Crippen molar-refractivity contribution in [2.24, 2.45) is 11.3 Å². The van der Waals surface area contributed by atoms with Gasteiger partial charge in [-0.3, -0.25) is 4.79 Å². The minimum atomic E-state index is -2.47. The van der Waals surface area contributed by atoms with Crippen LogP contribution >= 0.6 is 7.14 Å². The Hall–Kier alpha value is -3.64. The van der Waals surface area contributed by atoms with E-state index in [0.717, 1.165) is 47.1 Å². The Kier molecular flexibility index (Phi) is 7.50. The Bertz CT molecular complexity index is 1420. The van der Waals surface area contributed by atoms with Gasteiger partial charge in [0.1, 0.15) is 13.0 Å². The number of aromatic nitrogens is 2. The van der Waals surface area contributed by atoms with E-state index in [1.165, 1.54) is 31.8 Å². The van der Waals surface area contributed by atoms with Crippen LogP contribution in [0.15, 0.2) is 67.4 Å². The molecule has 0 unspecified atom stereocenters. The van der Waals surface area contributed by atoms with Gasteiger partial charge >= 0.3 is 0 Å². The molecule has 1 aliphatic heterocycles. The Morgan fingerprint density at radius 1 is 1.08 bits per heavy atom. The van der Waals surface area contributed by atoms with Crippen LogP contribution in [0.3, 0.4) is 0 Å². The van der Waals surface area contributed by atoms with Crippen molar-refractivity contribution in [3.8, 4) is 0 Å². The monoisotopic (exact) mass is 544 g/mol. The molecule has 2 fully saturated rings. The molecule has 2 aromatic carbocycles. The van der Waals surface area contributed by atoms with Crippen LogP contribution < -0.4 is 26.2 Å². The number of carbonyl (C=O) groups is 1. The maximum atomic E-state index is 12.7. The minimum Gasteiger partial charge on any atom is -0.370 e. The van der Waals surface area contributed by atoms with Crippen molar-refractivity contribution < 1.29 is 9.36 Å². The van der Waals surface area contributed by atoms with Crippen molar-refractivity contribution in [3.63, 3.8) is 0 Å². The van der Waals surface area contributed by atoms with E-state index >= 15 is 0 Å². The molecule has 3 N–H and O–H groups in total. The van der Waals surface area contributed by atoms with Gasteiger partial charge in [-0.05, 0) is 92.8 Å². The third-order valence-electron chi connectivity index (χ3n) is 7.83. The van der Waals surface area contributed by atoms with Gasteiger partial charge in [0.15, 0.2) is 0 Å². The molecule has 1 spiro atoms. The van der Waals surface area contributed by atoms with E-state index < -0.39 is 7.14 Å². The first-order valence-corrected chi connectivity index (χ1v) is 16.1. The van der Waals surface area contributed by atoms with Gasteiger partial charge in [0, 0.05) is 30.3 Å². The summed E-state index contributed by atoms with van der Waals surface area (Å²) in [7, 11) is -2.47. The number of anilines is 6. The zero-order valence-electron chi connectivity index (χ0n) is 22.9. The molecule has 3 aromatic rings. The van der Waals surface area contributed by atoms with Crippen molar-refractivity contribution in [1.82, 2.24) is 9.97 Å². The molecule has 1 aromatic heterocycles. The fourth-order valence-electron chi connectivity index (χ4n) is 6.03. The molecule has 9 heteroatoms. The molecule has 0 atom stereocenters. The lowest BCUT2D eigenvalue weighted by Crippen LogP contribution is -2.46. The second kappa shape index (κ2) is 10.9. The van der Waals surface area contributed by atoms with Crippen LogP contribution in [-0.4, -0.2) is 42.3 Å². The second-order valence-electron chi connectivity index (χ2n) is 11.3. The molecular formula is C30H37N6O2P. The summed E-state index contributed by atoms with van der Waals surface area (Å²) in [6.07, 6.45) is 7.99. The predicted molar refractivity (Wildman–Crippen MR) is 162 cm³/mol. The van der Waals surface area contributed by atoms with Gasteiger partial charge in [-0.1, -0.05) is 25.6 Å². The lowest BCUT2D eigenvalue weighted by atomic mass is 9.58. The number of nitrogens with zero attached hydrogens (tertiary/aromatic N) is 3. The largest absolute Gasteiger partial charge is 0.370 e. The van der Waals surface area contributed by atoms with Gasteiger partial charge in [0.2, 0.25) is 11.9 Å². The average Bonchev–Trinajstić information content (AvgIpc) is 2.89. The number of hydrogen-bond donors (Lipinski definition) is 3. The first-order chi connectivity index (χ1) is 18.6. The van der Waals surface area contributed by atoms with E-state index in [9.17, 15) is 9.36 Å². The van der Waals surface area contributed by atoms with E-state index in [4.69, 9.17) is 0 Å². The van der Waals surface area contributed by atoms with Crippen LogP contribution in [-0.2, 0) is 9.36 Å². The normalized spacial score (nSPS) is 16.8. The summed E-state index contributed by atoms with van der Waals surface area (Å²) in [6.45, 7) is 11.4. The van der Waals surface area contributed by atoms with Crippen LogP contribution in [0, 0.1) is 11.3 Å². The maximum Gasteiger partial charge on any atom is 0.247 e. The van der Waals surface area contributed by atoms with Gasteiger partial charge in [-0.25, -0.2) is 4.98 Å². The summed E-state index contributed by atoms with van der Waals surface area (Å²) in [5, 5.41) is 10.3. The third-order valence-corrected chi connectivity index (χ3v) is 9.38. The summed E-state index contributed by atoms with van der Waals surface area (Å²) in [6, 6.07) is 15.3. The van der Waals surface area contributed by atoms with Crippen LogP contribution in [0.2, 0.25) is 0 Å².